The van der Waals surface area contributed by atoms with Crippen LogP contribution in [0.25, 0.3) is 0 Å². The molecule has 0 bridgehead atoms. The smallest absolute Gasteiger partial charge is 0.341 e. The summed E-state index contributed by atoms with van der Waals surface area (Å²) in [4.78, 5) is 52.6. The van der Waals surface area contributed by atoms with Gasteiger partial charge in [-0.3, -0.25) is 14.5 Å². The molecule has 3 atom stereocenters. The van der Waals surface area contributed by atoms with Crippen molar-refractivity contribution < 1.29 is 28.3 Å². The molecule has 2 amide bonds. The van der Waals surface area contributed by atoms with Gasteiger partial charge in [-0.15, -0.1) is 11.8 Å². The van der Waals surface area contributed by atoms with Crippen LogP contribution >= 0.6 is 11.8 Å². The Morgan fingerprint density at radius 2 is 1.89 bits per heavy atom. The summed E-state index contributed by atoms with van der Waals surface area (Å²) in [5, 5.41) is 5.51. The zero-order chi connectivity index (χ0) is 26.6. The predicted octanol–water partition coefficient (Wildman–Crippen LogP) is 2.84. The fraction of sp³-hybridized carbons (Fsp3) is 0.440. The molecule has 2 N–H and O–H groups in total. The Kier molecular flexibility index (Phi) is 8.67. The maximum Gasteiger partial charge on any atom is 0.341 e. The van der Waals surface area contributed by atoms with Gasteiger partial charge < -0.3 is 19.8 Å². The number of nitrogens with zero attached hydrogens (tertiary/aromatic N) is 1. The van der Waals surface area contributed by atoms with Gasteiger partial charge in [0.1, 0.15) is 23.2 Å². The van der Waals surface area contributed by atoms with E-state index in [0.29, 0.717) is 17.0 Å². The minimum Gasteiger partial charge on any atom is -0.515 e. The van der Waals surface area contributed by atoms with Gasteiger partial charge in [0.25, 0.3) is 5.91 Å². The molecule has 1 saturated heterocycles. The summed E-state index contributed by atoms with van der Waals surface area (Å²) in [5.74, 6) is -1.22. The SMILES string of the molecule is CCOC(=O)/C=C(/C)N[C@@H](C(=O)NC1C(=O)N2C(C(=O)O[Si](C)(C)C)=C(C)CSC12)c1ccccc1. The number of esters is 1. The highest BCUT2D eigenvalue weighted by molar-refractivity contribution is 8.00. The van der Waals surface area contributed by atoms with Gasteiger partial charge in [0, 0.05) is 17.5 Å². The van der Waals surface area contributed by atoms with E-state index in [1.807, 2.05) is 32.6 Å². The van der Waals surface area contributed by atoms with E-state index in [0.717, 1.165) is 5.57 Å². The Balaban J connectivity index is 1.77. The average Bonchev–Trinajstić information content (AvgIpc) is 2.80. The summed E-state index contributed by atoms with van der Waals surface area (Å²) < 4.78 is 10.6. The standard InChI is InChI=1S/C25H33N3O6SSi/c1-7-33-18(29)13-16(3)26-19(17-11-9-8-10-12-17)22(30)27-20-23(31)28-21(15(2)14-35-24(20)28)25(32)34-36(4,5)6/h8-13,19-20,24,26H,7,14H2,1-6H3,(H,27,30)/b16-13-/t19-,20?,24?/m1/s1. The molecule has 9 nitrogen and oxygen atoms in total. The molecule has 1 fully saturated rings. The van der Waals surface area contributed by atoms with Crippen LogP contribution in [0.3, 0.4) is 0 Å². The first-order valence-corrected chi connectivity index (χ1v) is 16.2. The van der Waals surface area contributed by atoms with Crippen molar-refractivity contribution in [2.24, 2.45) is 0 Å². The lowest BCUT2D eigenvalue weighted by Gasteiger charge is -2.50. The summed E-state index contributed by atoms with van der Waals surface area (Å²) in [7, 11) is -2.16. The molecular formula is C25H33N3O6SSi. The Bertz CT molecular complexity index is 1100. The van der Waals surface area contributed by atoms with Crippen LogP contribution in [0.5, 0.6) is 0 Å². The van der Waals surface area contributed by atoms with Crippen LogP contribution in [0.15, 0.2) is 53.4 Å². The number of hydrogen-bond acceptors (Lipinski definition) is 8. The van der Waals surface area contributed by atoms with Crippen LogP contribution < -0.4 is 10.6 Å². The molecular weight excluding hydrogens is 498 g/mol. The molecule has 1 aromatic carbocycles. The largest absolute Gasteiger partial charge is 0.515 e. The molecule has 36 heavy (non-hydrogen) atoms. The van der Waals surface area contributed by atoms with Gasteiger partial charge in [-0.25, -0.2) is 9.59 Å². The molecule has 3 rings (SSSR count). The van der Waals surface area contributed by atoms with Gasteiger partial charge >= 0.3 is 11.9 Å². The number of nitrogens with one attached hydrogen (secondary N) is 2. The first-order valence-electron chi connectivity index (χ1n) is 11.8. The fourth-order valence-electron chi connectivity index (χ4n) is 3.90. The van der Waals surface area contributed by atoms with E-state index in [2.05, 4.69) is 10.6 Å². The fourth-order valence-corrected chi connectivity index (χ4v) is 5.85. The molecule has 0 saturated carbocycles. The molecule has 0 aromatic heterocycles. The van der Waals surface area contributed by atoms with E-state index in [1.165, 1.54) is 22.7 Å². The highest BCUT2D eigenvalue weighted by atomic mass is 32.2. The zero-order valence-corrected chi connectivity index (χ0v) is 23.2. The molecule has 0 aliphatic carbocycles. The number of ether oxygens (including phenoxy) is 1. The molecule has 2 aliphatic rings. The van der Waals surface area contributed by atoms with E-state index < -0.39 is 43.6 Å². The van der Waals surface area contributed by atoms with Crippen molar-refractivity contribution in [2.45, 2.75) is 57.9 Å². The number of β-lactam (4-membered cyclic amide) rings is 1. The lowest BCUT2D eigenvalue weighted by Crippen LogP contribution is -2.71. The number of fused-ring (bicyclic) bond motifs is 1. The third-order valence-electron chi connectivity index (χ3n) is 5.44. The summed E-state index contributed by atoms with van der Waals surface area (Å²) >= 11 is 1.49. The number of allylic oxidation sites excluding steroid dienone is 1. The summed E-state index contributed by atoms with van der Waals surface area (Å²) in [6.45, 7) is 11.2. The Labute approximate surface area is 216 Å². The lowest BCUT2D eigenvalue weighted by atomic mass is 10.0. The summed E-state index contributed by atoms with van der Waals surface area (Å²) in [5.41, 5.74) is 2.17. The first-order chi connectivity index (χ1) is 16.9. The van der Waals surface area contributed by atoms with Gasteiger partial charge in [0.15, 0.2) is 0 Å². The first kappa shape index (κ1) is 27.5. The molecule has 0 radical (unpaired) electrons. The average molecular weight is 532 g/mol. The quantitative estimate of drug-likeness (QED) is 0.216. The lowest BCUT2D eigenvalue weighted by molar-refractivity contribution is -0.150. The van der Waals surface area contributed by atoms with Crippen LogP contribution in [0.4, 0.5) is 0 Å². The number of carbonyl (C=O) groups excluding carboxylic acids is 4. The Morgan fingerprint density at radius 1 is 1.22 bits per heavy atom. The van der Waals surface area contributed by atoms with E-state index >= 15 is 0 Å². The van der Waals surface area contributed by atoms with Crippen LogP contribution in [0.1, 0.15) is 32.4 Å². The zero-order valence-electron chi connectivity index (χ0n) is 21.4. The second kappa shape index (κ2) is 11.3. The third-order valence-corrected chi connectivity index (χ3v) is 7.66. The Hall–Kier alpha value is -3.05. The van der Waals surface area contributed by atoms with Crippen LogP contribution in [0.2, 0.25) is 19.6 Å². The molecule has 11 heteroatoms. The number of thioether (sulfide) groups is 1. The number of carbonyl (C=O) groups is 4. The summed E-state index contributed by atoms with van der Waals surface area (Å²) in [6.07, 6.45) is 1.28. The van der Waals surface area contributed by atoms with Crippen molar-refractivity contribution in [3.8, 4) is 0 Å². The third kappa shape index (κ3) is 6.38. The van der Waals surface area contributed by atoms with Gasteiger partial charge in [0.05, 0.1) is 6.61 Å². The van der Waals surface area contributed by atoms with E-state index in [9.17, 15) is 19.2 Å². The number of rotatable bonds is 9. The minimum atomic E-state index is -2.16. The van der Waals surface area contributed by atoms with Crippen LogP contribution in [-0.4, -0.2) is 60.7 Å². The highest BCUT2D eigenvalue weighted by Gasteiger charge is 2.54. The molecule has 0 spiro atoms. The maximum absolute atomic E-state index is 13.4. The number of hydrogen-bond donors (Lipinski definition) is 2. The highest BCUT2D eigenvalue weighted by Crippen LogP contribution is 2.41. The number of amides is 2. The molecule has 2 unspecified atom stereocenters. The van der Waals surface area contributed by atoms with Crippen LogP contribution in [-0.2, 0) is 28.3 Å². The minimum absolute atomic E-state index is 0.242. The normalized spacial score (nSPS) is 20.7. The van der Waals surface area contributed by atoms with Crippen molar-refractivity contribution >= 4 is 43.8 Å². The van der Waals surface area contributed by atoms with Crippen molar-refractivity contribution in [3.05, 3.63) is 58.9 Å². The number of benzene rings is 1. The topological polar surface area (TPSA) is 114 Å². The van der Waals surface area contributed by atoms with E-state index in [4.69, 9.17) is 9.16 Å². The van der Waals surface area contributed by atoms with Crippen molar-refractivity contribution in [1.29, 1.82) is 0 Å². The second-order valence-electron chi connectivity index (χ2n) is 9.59. The van der Waals surface area contributed by atoms with Crippen molar-refractivity contribution in [2.75, 3.05) is 12.4 Å². The molecule has 1 aromatic rings. The van der Waals surface area contributed by atoms with E-state index in [-0.39, 0.29) is 18.2 Å². The molecule has 2 heterocycles. The second-order valence-corrected chi connectivity index (χ2v) is 15.1. The van der Waals surface area contributed by atoms with Crippen molar-refractivity contribution in [1.82, 2.24) is 15.5 Å². The van der Waals surface area contributed by atoms with Gasteiger partial charge in [-0.2, -0.15) is 0 Å². The van der Waals surface area contributed by atoms with Crippen LogP contribution in [0, 0.1) is 0 Å². The predicted molar refractivity (Wildman–Crippen MR) is 140 cm³/mol. The molecule has 2 aliphatic heterocycles. The summed E-state index contributed by atoms with van der Waals surface area (Å²) in [6, 6.07) is 7.39. The maximum atomic E-state index is 13.4. The molecule has 194 valence electrons. The van der Waals surface area contributed by atoms with Gasteiger partial charge in [-0.05, 0) is 51.5 Å². The van der Waals surface area contributed by atoms with E-state index in [1.54, 1.807) is 38.1 Å². The van der Waals surface area contributed by atoms with Crippen molar-refractivity contribution in [3.63, 3.8) is 0 Å². The Morgan fingerprint density at radius 3 is 2.50 bits per heavy atom. The monoisotopic (exact) mass is 531 g/mol. The van der Waals surface area contributed by atoms with Gasteiger partial charge in [-0.1, -0.05) is 30.3 Å². The van der Waals surface area contributed by atoms with Gasteiger partial charge in [0.2, 0.25) is 14.2 Å².